The summed E-state index contributed by atoms with van der Waals surface area (Å²) in [6.07, 6.45) is 5.22. The quantitative estimate of drug-likeness (QED) is 0.580. The van der Waals surface area contributed by atoms with Crippen LogP contribution < -0.4 is 15.8 Å². The molecule has 3 N–H and O–H groups in total. The first-order chi connectivity index (χ1) is 14.6. The molecule has 0 saturated carbocycles. The van der Waals surface area contributed by atoms with E-state index in [1.54, 1.807) is 13.2 Å². The summed E-state index contributed by atoms with van der Waals surface area (Å²) in [6, 6.07) is 9.52. The van der Waals surface area contributed by atoms with Gasteiger partial charge in [-0.3, -0.25) is 9.48 Å². The van der Waals surface area contributed by atoms with Crippen molar-refractivity contribution in [3.8, 4) is 17.0 Å². The van der Waals surface area contributed by atoms with Crippen LogP contribution in [0.4, 0.5) is 11.4 Å². The highest BCUT2D eigenvalue weighted by Crippen LogP contribution is 2.38. The van der Waals surface area contributed by atoms with E-state index in [2.05, 4.69) is 10.3 Å². The molecule has 1 amide bonds. The predicted molar refractivity (Wildman–Crippen MR) is 114 cm³/mol. The van der Waals surface area contributed by atoms with Gasteiger partial charge < -0.3 is 20.5 Å². The fraction of sp³-hybridized carbons (Fsp3) is 0.286. The van der Waals surface area contributed by atoms with Crippen LogP contribution in [0.1, 0.15) is 29.2 Å². The van der Waals surface area contributed by atoms with E-state index in [0.717, 1.165) is 37.3 Å². The number of nitrogens with one attached hydrogen (secondary N) is 1. The summed E-state index contributed by atoms with van der Waals surface area (Å²) in [4.78, 5) is 15.7. The number of ether oxygens (including phenoxy) is 2. The molecule has 0 radical (unpaired) electrons. The van der Waals surface area contributed by atoms with Gasteiger partial charge in [0.2, 0.25) is 0 Å². The Morgan fingerprint density at radius 3 is 2.83 bits per heavy atom. The van der Waals surface area contributed by atoms with Crippen LogP contribution in [0.2, 0.25) is 5.15 Å². The minimum Gasteiger partial charge on any atom is -0.494 e. The molecular formula is C21H22ClN5O3. The number of hydrogen-bond donors (Lipinski definition) is 2. The van der Waals surface area contributed by atoms with E-state index in [4.69, 9.17) is 31.9 Å². The van der Waals surface area contributed by atoms with Crippen LogP contribution in [0.15, 0.2) is 42.7 Å². The van der Waals surface area contributed by atoms with Crippen molar-refractivity contribution < 1.29 is 14.3 Å². The zero-order valence-electron chi connectivity index (χ0n) is 16.5. The van der Waals surface area contributed by atoms with Crippen molar-refractivity contribution in [1.29, 1.82) is 0 Å². The largest absolute Gasteiger partial charge is 0.494 e. The Bertz CT molecular complexity index is 1060. The fourth-order valence-corrected chi connectivity index (χ4v) is 3.72. The number of primary amides is 1. The molecule has 1 aliphatic rings. The number of carbonyl (C=O) groups is 1. The van der Waals surface area contributed by atoms with Crippen molar-refractivity contribution in [3.05, 3.63) is 53.4 Å². The number of benzene rings is 1. The van der Waals surface area contributed by atoms with E-state index >= 15 is 0 Å². The molecule has 3 aromatic rings. The van der Waals surface area contributed by atoms with E-state index < -0.39 is 5.91 Å². The zero-order chi connectivity index (χ0) is 21.1. The minimum atomic E-state index is -0.605. The maximum Gasteiger partial charge on any atom is 0.252 e. The normalized spacial score (nSPS) is 14.5. The van der Waals surface area contributed by atoms with Crippen molar-refractivity contribution in [1.82, 2.24) is 14.8 Å². The number of pyridine rings is 1. The second-order valence-electron chi connectivity index (χ2n) is 6.95. The van der Waals surface area contributed by atoms with Gasteiger partial charge in [0, 0.05) is 31.2 Å². The van der Waals surface area contributed by atoms with E-state index in [9.17, 15) is 4.79 Å². The first-order valence-electron chi connectivity index (χ1n) is 9.59. The highest BCUT2D eigenvalue weighted by molar-refractivity contribution is 6.29. The van der Waals surface area contributed by atoms with Crippen LogP contribution in [0.3, 0.4) is 0 Å². The fourth-order valence-electron chi connectivity index (χ4n) is 3.57. The standard InChI is InChI=1S/C21H22ClN5O3/c1-29-20-14(16-5-8-27(26-16)13-6-9-30-10-7-13)3-2-4-17(20)25-18-11-19(22)24-12-15(18)21(23)28/h2-5,8,11-13H,6-7,9-10H2,1H3,(H2,23,28)(H,24,25). The van der Waals surface area contributed by atoms with Gasteiger partial charge in [-0.05, 0) is 37.1 Å². The number of aromatic nitrogens is 3. The molecule has 30 heavy (non-hydrogen) atoms. The van der Waals surface area contributed by atoms with Gasteiger partial charge in [-0.1, -0.05) is 17.7 Å². The second-order valence-corrected chi connectivity index (χ2v) is 7.34. The minimum absolute atomic E-state index is 0.232. The van der Waals surface area contributed by atoms with Gasteiger partial charge >= 0.3 is 0 Å². The van der Waals surface area contributed by atoms with Crippen molar-refractivity contribution in [2.75, 3.05) is 25.6 Å². The average molecular weight is 428 g/mol. The van der Waals surface area contributed by atoms with Crippen LogP contribution in [-0.2, 0) is 4.74 Å². The molecule has 3 heterocycles. The summed E-state index contributed by atoms with van der Waals surface area (Å²) in [5, 5.41) is 8.21. The summed E-state index contributed by atoms with van der Waals surface area (Å²) >= 11 is 6.01. The Morgan fingerprint density at radius 1 is 1.30 bits per heavy atom. The van der Waals surface area contributed by atoms with Gasteiger partial charge in [0.05, 0.1) is 35.8 Å². The third kappa shape index (κ3) is 4.10. The van der Waals surface area contributed by atoms with Gasteiger partial charge in [0.1, 0.15) is 5.15 Å². The topological polar surface area (TPSA) is 104 Å². The average Bonchev–Trinajstić information content (AvgIpc) is 3.24. The molecule has 0 aliphatic carbocycles. The van der Waals surface area contributed by atoms with Crippen molar-refractivity contribution in [3.63, 3.8) is 0 Å². The van der Waals surface area contributed by atoms with Crippen molar-refractivity contribution in [2.45, 2.75) is 18.9 Å². The number of amides is 1. The Hall–Kier alpha value is -3.10. The molecule has 0 unspecified atom stereocenters. The maximum absolute atomic E-state index is 11.8. The third-order valence-electron chi connectivity index (χ3n) is 5.07. The SMILES string of the molecule is COc1c(Nc2cc(Cl)ncc2C(N)=O)cccc1-c1ccn(C2CCOCC2)n1. The summed E-state index contributed by atoms with van der Waals surface area (Å²) in [5.74, 6) is -0.00919. The van der Waals surface area contributed by atoms with Crippen molar-refractivity contribution in [2.24, 2.45) is 5.73 Å². The van der Waals surface area contributed by atoms with Crippen molar-refractivity contribution >= 4 is 28.9 Å². The number of methoxy groups -OCH3 is 1. The van der Waals surface area contributed by atoms with E-state index in [1.807, 2.05) is 35.1 Å². The lowest BCUT2D eigenvalue weighted by Crippen LogP contribution is -2.19. The molecule has 0 spiro atoms. The molecule has 1 fully saturated rings. The van der Waals surface area contributed by atoms with Gasteiger partial charge in [0.25, 0.3) is 5.91 Å². The van der Waals surface area contributed by atoms with E-state index in [1.165, 1.54) is 6.20 Å². The van der Waals surface area contributed by atoms with Crippen LogP contribution in [-0.4, -0.2) is 41.0 Å². The monoisotopic (exact) mass is 427 g/mol. The number of para-hydroxylation sites is 1. The first kappa shape index (κ1) is 20.2. The van der Waals surface area contributed by atoms with Crippen LogP contribution in [0.5, 0.6) is 5.75 Å². The zero-order valence-corrected chi connectivity index (χ0v) is 17.2. The lowest BCUT2D eigenvalue weighted by atomic mass is 10.1. The van der Waals surface area contributed by atoms with E-state index in [-0.39, 0.29) is 10.7 Å². The molecular weight excluding hydrogens is 406 g/mol. The number of anilines is 2. The number of nitrogens with two attached hydrogens (primary N) is 1. The van der Waals surface area contributed by atoms with Gasteiger partial charge in [-0.25, -0.2) is 4.98 Å². The van der Waals surface area contributed by atoms with Gasteiger partial charge in [0.15, 0.2) is 5.75 Å². The number of hydrogen-bond acceptors (Lipinski definition) is 6. The number of halogens is 1. The van der Waals surface area contributed by atoms with Gasteiger partial charge in [-0.2, -0.15) is 5.10 Å². The maximum atomic E-state index is 11.8. The highest BCUT2D eigenvalue weighted by atomic mass is 35.5. The molecule has 4 rings (SSSR count). The highest BCUT2D eigenvalue weighted by Gasteiger charge is 2.19. The molecule has 1 aliphatic heterocycles. The summed E-state index contributed by atoms with van der Waals surface area (Å²) in [6.45, 7) is 1.50. The summed E-state index contributed by atoms with van der Waals surface area (Å²) < 4.78 is 13.1. The smallest absolute Gasteiger partial charge is 0.252 e. The van der Waals surface area contributed by atoms with E-state index in [0.29, 0.717) is 23.2 Å². The summed E-state index contributed by atoms with van der Waals surface area (Å²) in [5.41, 5.74) is 8.43. The predicted octanol–water partition coefficient (Wildman–Crippen LogP) is 3.80. The Balaban J connectivity index is 1.68. The molecule has 1 saturated heterocycles. The van der Waals surface area contributed by atoms with Crippen LogP contribution in [0.25, 0.3) is 11.3 Å². The Kier molecular flexibility index (Phi) is 5.87. The number of rotatable bonds is 6. The third-order valence-corrected chi connectivity index (χ3v) is 5.28. The molecule has 9 heteroatoms. The lowest BCUT2D eigenvalue weighted by molar-refractivity contribution is 0.0663. The second kappa shape index (κ2) is 8.73. The molecule has 0 bridgehead atoms. The number of carbonyl (C=O) groups excluding carboxylic acids is 1. The molecule has 8 nitrogen and oxygen atoms in total. The first-order valence-corrected chi connectivity index (χ1v) is 9.97. The number of nitrogens with zero attached hydrogens (tertiary/aromatic N) is 3. The molecule has 1 aromatic carbocycles. The molecule has 0 atom stereocenters. The summed E-state index contributed by atoms with van der Waals surface area (Å²) in [7, 11) is 1.59. The van der Waals surface area contributed by atoms with Crippen LogP contribution >= 0.6 is 11.6 Å². The Labute approximate surface area is 179 Å². The van der Waals surface area contributed by atoms with Gasteiger partial charge in [-0.15, -0.1) is 0 Å². The van der Waals surface area contributed by atoms with Crippen LogP contribution in [0, 0.1) is 0 Å². The molecule has 156 valence electrons. The Morgan fingerprint density at radius 2 is 2.10 bits per heavy atom. The lowest BCUT2D eigenvalue weighted by Gasteiger charge is -2.22. The molecule has 2 aromatic heterocycles.